The Kier molecular flexibility index (Phi) is 5.82. The number of nitrogens with zero attached hydrogens (tertiary/aromatic N) is 2. The Balaban J connectivity index is 1.92. The zero-order valence-electron chi connectivity index (χ0n) is 19.4. The fraction of sp³-hybridized carbons (Fsp3) is 0.385. The molecule has 33 heavy (non-hydrogen) atoms. The van der Waals surface area contributed by atoms with Gasteiger partial charge in [-0.15, -0.1) is 0 Å². The Hall–Kier alpha value is -3.48. The molecule has 1 unspecified atom stereocenters. The smallest absolute Gasteiger partial charge is 0.297 e. The number of hydrogen-bond donors (Lipinski definition) is 0. The predicted octanol–water partition coefficient (Wildman–Crippen LogP) is 5.47. The lowest BCUT2D eigenvalue weighted by Crippen LogP contribution is -2.44. The van der Waals surface area contributed by atoms with E-state index in [-0.39, 0.29) is 40.8 Å². The van der Waals surface area contributed by atoms with Gasteiger partial charge in [0.1, 0.15) is 11.4 Å². The van der Waals surface area contributed by atoms with Gasteiger partial charge in [-0.2, -0.15) is 0 Å². The molecule has 0 N–H and O–H groups in total. The van der Waals surface area contributed by atoms with Crippen molar-refractivity contribution >= 4 is 23.1 Å². The number of carbonyl (C=O) groups is 2. The fourth-order valence-corrected chi connectivity index (χ4v) is 4.96. The summed E-state index contributed by atoms with van der Waals surface area (Å²) in [4.78, 5) is 39.8. The summed E-state index contributed by atoms with van der Waals surface area (Å²) < 4.78 is 5.43. The molecule has 0 spiro atoms. The molecular weight excluding hydrogens is 420 g/mol. The molecule has 0 saturated carbocycles. The average molecular weight is 449 g/mol. The minimum absolute atomic E-state index is 0.00107. The summed E-state index contributed by atoms with van der Waals surface area (Å²) in [5, 5.41) is 11.9. The number of carbonyl (C=O) groups excluding carboxylic acids is 2. The maximum absolute atomic E-state index is 13.5. The fourth-order valence-electron chi connectivity index (χ4n) is 4.96. The van der Waals surface area contributed by atoms with Crippen LogP contribution in [0.3, 0.4) is 0 Å². The number of hydrogen-bond acceptors (Lipinski definition) is 5. The molecule has 1 atom stereocenters. The van der Waals surface area contributed by atoms with Gasteiger partial charge in [0.05, 0.1) is 17.6 Å². The van der Waals surface area contributed by atoms with Crippen LogP contribution in [-0.2, 0) is 9.59 Å². The SMILES string of the molecule is CCOc1ccc(N2C(=O)CC(c3cccc(C)c3)C3=C2CC(C)(C)CC3=O)c([N+](=O)[O-])c1. The van der Waals surface area contributed by atoms with Crippen molar-refractivity contribution in [2.24, 2.45) is 5.41 Å². The third kappa shape index (κ3) is 4.27. The van der Waals surface area contributed by atoms with Gasteiger partial charge in [-0.3, -0.25) is 24.6 Å². The number of nitro groups is 1. The molecule has 7 heteroatoms. The lowest BCUT2D eigenvalue weighted by Gasteiger charge is -2.42. The Morgan fingerprint density at radius 3 is 2.58 bits per heavy atom. The van der Waals surface area contributed by atoms with Crippen LogP contribution < -0.4 is 9.64 Å². The van der Waals surface area contributed by atoms with Gasteiger partial charge in [0.15, 0.2) is 5.78 Å². The van der Waals surface area contributed by atoms with Crippen molar-refractivity contribution in [3.8, 4) is 5.75 Å². The van der Waals surface area contributed by atoms with Gasteiger partial charge in [-0.25, -0.2) is 0 Å². The van der Waals surface area contributed by atoms with Crippen LogP contribution in [-0.4, -0.2) is 23.2 Å². The largest absolute Gasteiger partial charge is 0.494 e. The van der Waals surface area contributed by atoms with Gasteiger partial charge in [0, 0.05) is 30.0 Å². The van der Waals surface area contributed by atoms with Crippen LogP contribution in [0.25, 0.3) is 0 Å². The Morgan fingerprint density at radius 1 is 1.15 bits per heavy atom. The summed E-state index contributed by atoms with van der Waals surface area (Å²) in [7, 11) is 0. The van der Waals surface area contributed by atoms with Gasteiger partial charge in [0.25, 0.3) is 5.69 Å². The van der Waals surface area contributed by atoms with E-state index in [1.54, 1.807) is 19.1 Å². The van der Waals surface area contributed by atoms with Crippen LogP contribution in [0.5, 0.6) is 5.75 Å². The Morgan fingerprint density at radius 2 is 1.91 bits per heavy atom. The second-order valence-corrected chi connectivity index (χ2v) is 9.54. The zero-order chi connectivity index (χ0) is 23.9. The van der Waals surface area contributed by atoms with Gasteiger partial charge < -0.3 is 4.74 Å². The van der Waals surface area contributed by atoms with Gasteiger partial charge >= 0.3 is 0 Å². The minimum Gasteiger partial charge on any atom is -0.494 e. The van der Waals surface area contributed by atoms with E-state index in [0.717, 1.165) is 11.1 Å². The van der Waals surface area contributed by atoms with Crippen LogP contribution in [0.1, 0.15) is 57.1 Å². The number of allylic oxidation sites excluding steroid dienone is 2. The first kappa shape index (κ1) is 22.7. The molecule has 1 aliphatic carbocycles. The third-order valence-electron chi connectivity index (χ3n) is 6.28. The maximum atomic E-state index is 13.5. The summed E-state index contributed by atoms with van der Waals surface area (Å²) in [5.74, 6) is -0.241. The van der Waals surface area contributed by atoms with E-state index >= 15 is 0 Å². The number of Topliss-reactive ketones (excluding diaryl/α,β-unsaturated/α-hetero) is 1. The summed E-state index contributed by atoms with van der Waals surface area (Å²) in [6.45, 7) is 8.12. The predicted molar refractivity (Wildman–Crippen MR) is 125 cm³/mol. The highest BCUT2D eigenvalue weighted by Gasteiger charge is 2.45. The average Bonchev–Trinajstić information content (AvgIpc) is 2.72. The van der Waals surface area contributed by atoms with Crippen molar-refractivity contribution in [1.82, 2.24) is 0 Å². The number of anilines is 1. The van der Waals surface area contributed by atoms with E-state index in [1.165, 1.54) is 11.0 Å². The van der Waals surface area contributed by atoms with Crippen molar-refractivity contribution in [2.75, 3.05) is 11.5 Å². The third-order valence-corrected chi connectivity index (χ3v) is 6.28. The van der Waals surface area contributed by atoms with E-state index in [1.807, 2.05) is 45.0 Å². The van der Waals surface area contributed by atoms with Crippen LogP contribution in [0.4, 0.5) is 11.4 Å². The first-order chi connectivity index (χ1) is 15.6. The molecule has 0 saturated heterocycles. The van der Waals surface area contributed by atoms with Gasteiger partial charge in [-0.05, 0) is 43.4 Å². The molecule has 4 rings (SSSR count). The number of benzene rings is 2. The van der Waals surface area contributed by atoms with E-state index in [4.69, 9.17) is 4.74 Å². The summed E-state index contributed by atoms with van der Waals surface area (Å²) in [6, 6.07) is 12.4. The Labute approximate surface area is 193 Å². The second-order valence-electron chi connectivity index (χ2n) is 9.54. The van der Waals surface area contributed by atoms with Gasteiger partial charge in [0.2, 0.25) is 5.91 Å². The minimum atomic E-state index is -0.506. The van der Waals surface area contributed by atoms with Crippen molar-refractivity contribution in [2.45, 2.75) is 52.9 Å². The molecule has 0 bridgehead atoms. The standard InChI is InChI=1S/C26H28N2O5/c1-5-33-18-9-10-20(21(12-18)28(31)32)27-22-14-26(3,4)15-23(29)25(22)19(13-24(27)30)17-8-6-7-16(2)11-17/h6-12,19H,5,13-15H2,1-4H3. The maximum Gasteiger partial charge on any atom is 0.297 e. The lowest BCUT2D eigenvalue weighted by molar-refractivity contribution is -0.384. The van der Waals surface area contributed by atoms with Crippen LogP contribution in [0.2, 0.25) is 0 Å². The highest BCUT2D eigenvalue weighted by atomic mass is 16.6. The highest BCUT2D eigenvalue weighted by molar-refractivity contribution is 6.08. The zero-order valence-corrected chi connectivity index (χ0v) is 19.4. The van der Waals surface area contributed by atoms with Crippen molar-refractivity contribution in [1.29, 1.82) is 0 Å². The van der Waals surface area contributed by atoms with Crippen LogP contribution in [0, 0.1) is 22.5 Å². The van der Waals surface area contributed by atoms with Crippen molar-refractivity contribution in [3.05, 3.63) is 75.0 Å². The lowest BCUT2D eigenvalue weighted by atomic mass is 9.69. The number of ketones is 1. The quantitative estimate of drug-likeness (QED) is 0.447. The normalized spacial score (nSPS) is 20.0. The second kappa shape index (κ2) is 8.46. The number of amides is 1. The van der Waals surface area contributed by atoms with Gasteiger partial charge in [-0.1, -0.05) is 43.7 Å². The number of aryl methyl sites for hydroxylation is 1. The number of ether oxygens (including phenoxy) is 1. The molecule has 2 aromatic carbocycles. The molecule has 1 heterocycles. The molecule has 1 amide bonds. The molecular formula is C26H28N2O5. The highest BCUT2D eigenvalue weighted by Crippen LogP contribution is 2.49. The molecule has 2 aromatic rings. The molecule has 7 nitrogen and oxygen atoms in total. The van der Waals surface area contributed by atoms with Crippen LogP contribution >= 0.6 is 0 Å². The molecule has 172 valence electrons. The van der Waals surface area contributed by atoms with Crippen molar-refractivity contribution in [3.63, 3.8) is 0 Å². The van der Waals surface area contributed by atoms with E-state index in [0.29, 0.717) is 36.5 Å². The molecule has 0 aromatic heterocycles. The summed E-state index contributed by atoms with van der Waals surface area (Å²) in [6.07, 6.45) is 0.937. The summed E-state index contributed by atoms with van der Waals surface area (Å²) >= 11 is 0. The van der Waals surface area contributed by atoms with E-state index < -0.39 is 4.92 Å². The number of nitro benzene ring substituents is 1. The van der Waals surface area contributed by atoms with E-state index in [9.17, 15) is 19.7 Å². The number of rotatable bonds is 5. The first-order valence-electron chi connectivity index (χ1n) is 11.2. The Bertz CT molecular complexity index is 1180. The topological polar surface area (TPSA) is 89.8 Å². The van der Waals surface area contributed by atoms with E-state index in [2.05, 4.69) is 0 Å². The molecule has 2 aliphatic rings. The monoisotopic (exact) mass is 448 g/mol. The first-order valence-corrected chi connectivity index (χ1v) is 11.2. The molecule has 1 aliphatic heterocycles. The van der Waals surface area contributed by atoms with Crippen LogP contribution in [0.15, 0.2) is 53.7 Å². The summed E-state index contributed by atoms with van der Waals surface area (Å²) in [5.41, 5.74) is 2.75. The van der Waals surface area contributed by atoms with Crippen molar-refractivity contribution < 1.29 is 19.2 Å². The molecule has 0 radical (unpaired) electrons. The molecule has 0 fully saturated rings.